The number of hydrogen-bond acceptors (Lipinski definition) is 1. The minimum Gasteiger partial charge on any atom is -0.176 e. The van der Waals surface area contributed by atoms with Gasteiger partial charge in [0.05, 0.1) is 0 Å². The Morgan fingerprint density at radius 1 is 2.80 bits per heavy atom. The Morgan fingerprint density at radius 2 is 3.80 bits per heavy atom. The molecule has 5 heavy (non-hydrogen) atoms. The Balaban J connectivity index is 5.50. The summed E-state index contributed by atoms with van der Waals surface area (Å²) in [6.07, 6.45) is -3.29. The smallest absolute Gasteiger partial charge is 0.102 e. The van der Waals surface area contributed by atoms with Crippen LogP contribution < -0.4 is 0 Å². The molecule has 0 aliphatic heterocycles. The lowest BCUT2D eigenvalue weighted by molar-refractivity contribution is 0.913. The molecule has 0 bridgehead atoms. The first-order valence-corrected chi connectivity index (χ1v) is 1.36. The van der Waals surface area contributed by atoms with Crippen LogP contribution in [0.3, 0.4) is 0 Å². The first-order valence-electron chi connectivity index (χ1n) is 5.86. The molecule has 0 aromatic carbocycles. The second kappa shape index (κ2) is 2.58. The molecule has 0 aliphatic rings. The van der Waals surface area contributed by atoms with Crippen LogP contribution in [0.15, 0.2) is 0 Å². The predicted molar refractivity (Wildman–Crippen MR) is 28.7 cm³/mol. The van der Waals surface area contributed by atoms with Crippen molar-refractivity contribution < 1.29 is 12.3 Å². The maximum absolute atomic E-state index is 7.36. The summed E-state index contributed by atoms with van der Waals surface area (Å²) in [7, 11) is 0. The number of hydrogen-bond donors (Lipinski definition) is 1. The molecule has 0 aromatic rings. The quantitative estimate of drug-likeness (QED) is 0.502. The van der Waals surface area contributed by atoms with Crippen molar-refractivity contribution in [2.24, 2.45) is 0 Å². The van der Waals surface area contributed by atoms with Crippen LogP contribution in [-0.4, -0.2) is 6.35 Å². The van der Waals surface area contributed by atoms with Crippen LogP contribution in [0.2, 0.25) is 0 Å². The van der Waals surface area contributed by atoms with Crippen LogP contribution in [-0.2, 0) is 0 Å². The third kappa shape index (κ3) is 4.35. The van der Waals surface area contributed by atoms with Crippen LogP contribution >= 0.6 is 12.5 Å². The number of rotatable bonds is 2. The van der Waals surface area contributed by atoms with Gasteiger partial charge in [0, 0.05) is 12.3 Å². The maximum atomic E-state index is 7.36. The molecule has 1 unspecified atom stereocenters. The minimum absolute atomic E-state index is 0.368. The van der Waals surface area contributed by atoms with Crippen molar-refractivity contribution in [3.63, 3.8) is 0 Å². The zero-order valence-corrected chi connectivity index (χ0v) is 3.22. The first kappa shape index (κ1) is 0.492. The van der Waals surface area contributed by atoms with Gasteiger partial charge >= 0.3 is 0 Å². The van der Waals surface area contributed by atoms with Crippen LogP contribution in [0.1, 0.15) is 32.4 Å². The molecule has 0 radical (unpaired) electrons. The van der Waals surface area contributed by atoms with Crippen LogP contribution in [0.25, 0.3) is 0 Å². The van der Waals surface area contributed by atoms with E-state index >= 15 is 0 Å². The molecule has 0 fully saturated rings. The van der Waals surface area contributed by atoms with Gasteiger partial charge in [-0.25, -0.2) is 0 Å². The monoisotopic (exact) mass is 100 g/mol. The fraction of sp³-hybridized carbons (Fsp3) is 1.00. The third-order valence-electron chi connectivity index (χ3n) is 0.114. The SMILES string of the molecule is [2H]SC([2H])(C([2H])([2H])[2H])C([2H])([2H])C([2H])([2H])[2H]. The van der Waals surface area contributed by atoms with Gasteiger partial charge in [-0.2, -0.15) is 12.5 Å². The van der Waals surface area contributed by atoms with Crippen molar-refractivity contribution in [1.29, 1.82) is 1.12 Å². The first-order chi connectivity index (χ1) is 6.31. The summed E-state index contributed by atoms with van der Waals surface area (Å²) in [6.45, 7) is -6.46. The molecular weight excluding hydrogens is 80.1 g/mol. The second-order valence-corrected chi connectivity index (χ2v) is 0.862. The molecule has 1 heteroatoms. The molecule has 0 nitrogen and oxygen atoms in total. The topological polar surface area (TPSA) is 0 Å². The summed E-state index contributed by atoms with van der Waals surface area (Å²) in [5, 5.41) is -3.04. The average Bonchev–Trinajstić information content (AvgIpc) is 1.98. The van der Waals surface area contributed by atoms with E-state index in [1.54, 1.807) is 0 Å². The predicted octanol–water partition coefficient (Wildman–Crippen LogP) is 1.71. The van der Waals surface area contributed by atoms with Crippen LogP contribution in [0.5, 0.6) is 0 Å². The van der Waals surface area contributed by atoms with E-state index in [4.69, 9.17) is 13.5 Å². The van der Waals surface area contributed by atoms with E-state index in [1.165, 1.54) is 0 Å². The van der Waals surface area contributed by atoms with Gasteiger partial charge in [0.1, 0.15) is 1.12 Å². The van der Waals surface area contributed by atoms with Gasteiger partial charge in [0.15, 0.2) is 0 Å². The zero-order chi connectivity index (χ0) is 12.7. The van der Waals surface area contributed by atoms with Crippen molar-refractivity contribution in [3.05, 3.63) is 0 Å². The van der Waals surface area contributed by atoms with E-state index in [0.717, 1.165) is 0 Å². The van der Waals surface area contributed by atoms with E-state index in [0.29, 0.717) is 0 Å². The van der Waals surface area contributed by atoms with E-state index in [2.05, 4.69) is 0 Å². The average molecular weight is 100 g/mol. The lowest BCUT2D eigenvalue weighted by atomic mass is 10.4. The maximum Gasteiger partial charge on any atom is 0.102 e. The van der Waals surface area contributed by atoms with Crippen LogP contribution in [0.4, 0.5) is 0 Å². The van der Waals surface area contributed by atoms with Gasteiger partial charge in [0.2, 0.25) is 0 Å². The molecule has 0 spiro atoms. The van der Waals surface area contributed by atoms with Gasteiger partial charge in [0.25, 0.3) is 0 Å². The van der Waals surface area contributed by atoms with Crippen molar-refractivity contribution in [1.82, 2.24) is 0 Å². The highest BCUT2D eigenvalue weighted by Crippen LogP contribution is 1.94. The van der Waals surface area contributed by atoms with Gasteiger partial charge in [-0.3, -0.25) is 0 Å². The fourth-order valence-electron chi connectivity index (χ4n) is 0. The molecule has 0 saturated carbocycles. The standard InChI is InChI=1S/C4H10S/c1-3-4(2)5/h4-5H,3H2,1-2H3/i1D3,2D3,3D2,4D/hD. The van der Waals surface area contributed by atoms with Gasteiger partial charge in [-0.15, -0.1) is 0 Å². The Hall–Kier alpha value is 0.350. The molecule has 0 saturated heterocycles. The van der Waals surface area contributed by atoms with E-state index in [9.17, 15) is 0 Å². The van der Waals surface area contributed by atoms with Crippen molar-refractivity contribution in [2.75, 3.05) is 0 Å². The fourth-order valence-corrected chi connectivity index (χ4v) is 0. The van der Waals surface area contributed by atoms with Crippen LogP contribution in [0, 0.1) is 0 Å². The minimum atomic E-state index is -3.29. The van der Waals surface area contributed by atoms with Crippen molar-refractivity contribution >= 4 is 12.5 Å². The summed E-state index contributed by atoms with van der Waals surface area (Å²) in [4.78, 5) is 0. The molecular formula is C4H10S. The lowest BCUT2D eigenvalue weighted by Crippen LogP contribution is -1.81. The Kier molecular flexibility index (Phi) is 0.254. The Bertz CT molecular complexity index is 227. The Morgan fingerprint density at radius 3 is 4.00 bits per heavy atom. The highest BCUT2D eigenvalue weighted by molar-refractivity contribution is 7.80. The third-order valence-corrected chi connectivity index (χ3v) is 0.216. The Labute approximate surface area is 52.7 Å². The van der Waals surface area contributed by atoms with Gasteiger partial charge < -0.3 is 0 Å². The molecule has 0 N–H and O–H groups in total. The highest BCUT2D eigenvalue weighted by Gasteiger charge is 1.81. The molecule has 0 aromatic heterocycles. The van der Waals surface area contributed by atoms with E-state index in [-0.39, 0.29) is 12.5 Å². The summed E-state index contributed by atoms with van der Waals surface area (Å²) in [5.41, 5.74) is 0. The van der Waals surface area contributed by atoms with Crippen molar-refractivity contribution in [3.8, 4) is 0 Å². The number of thiol groups is 1. The molecule has 0 aliphatic carbocycles. The largest absolute Gasteiger partial charge is 0.176 e. The van der Waals surface area contributed by atoms with E-state index < -0.39 is 25.3 Å². The lowest BCUT2D eigenvalue weighted by Gasteiger charge is -1.89. The van der Waals surface area contributed by atoms with E-state index in [1.807, 2.05) is 0 Å². The summed E-state index contributed by atoms with van der Waals surface area (Å²) in [5.74, 6) is 0. The van der Waals surface area contributed by atoms with Gasteiger partial charge in [-0.05, 0) is 11.6 Å². The summed E-state index contributed by atoms with van der Waals surface area (Å²) >= 11 is -0.368. The summed E-state index contributed by atoms with van der Waals surface area (Å²) in [6, 6.07) is 0. The molecule has 0 rings (SSSR count). The molecule has 0 heterocycles. The highest BCUT2D eigenvalue weighted by atomic mass is 32.1. The molecule has 32 valence electrons. The molecule has 0 amide bonds. The normalized spacial score (nSPS) is 58.4. The second-order valence-electron chi connectivity index (χ2n) is 0.454. The van der Waals surface area contributed by atoms with Gasteiger partial charge in [-0.1, -0.05) is 13.7 Å². The molecule has 1 atom stereocenters. The zero-order valence-electron chi connectivity index (χ0n) is 12.4. The van der Waals surface area contributed by atoms with Crippen molar-refractivity contribution in [2.45, 2.75) is 25.3 Å². The summed E-state index contributed by atoms with van der Waals surface area (Å²) < 4.78 is 70.0.